The highest BCUT2D eigenvalue weighted by Gasteiger charge is 2.32. The van der Waals surface area contributed by atoms with Gasteiger partial charge in [0.1, 0.15) is 12.3 Å². The Morgan fingerprint density at radius 3 is 2.76 bits per heavy atom. The molecule has 148 valence electrons. The predicted molar refractivity (Wildman–Crippen MR) is 117 cm³/mol. The van der Waals surface area contributed by atoms with Crippen molar-refractivity contribution in [2.24, 2.45) is 0 Å². The second-order valence-corrected chi connectivity index (χ2v) is 8.20. The molecule has 0 aliphatic carbocycles. The molecule has 1 unspecified atom stereocenters. The van der Waals surface area contributed by atoms with E-state index >= 15 is 0 Å². The van der Waals surface area contributed by atoms with Gasteiger partial charge in [0.15, 0.2) is 11.2 Å². The predicted octanol–water partition coefficient (Wildman–Crippen LogP) is 4.28. The molecular formula is C21H19N3O3S2. The SMILES string of the molecule is CSc1ccc(-c2csc(NC(=O)CN3C(=O)C(C)Oc4ccccc43)n2)cc1. The third-order valence-corrected chi connectivity index (χ3v) is 6.01. The quantitative estimate of drug-likeness (QED) is 0.618. The molecule has 2 heterocycles. The van der Waals surface area contributed by atoms with Crippen molar-refractivity contribution in [2.75, 3.05) is 23.0 Å². The standard InChI is InChI=1S/C21H19N3O3S2/c1-13-20(26)24(17-5-3-4-6-18(17)27-13)11-19(25)23-21-22-16(12-29-21)14-7-9-15(28-2)10-8-14/h3-10,12-13H,11H2,1-2H3,(H,22,23,25). The number of nitrogens with one attached hydrogen (secondary N) is 1. The molecule has 1 aromatic heterocycles. The Morgan fingerprint density at radius 1 is 1.24 bits per heavy atom. The Labute approximate surface area is 176 Å². The van der Waals surface area contributed by atoms with Crippen LogP contribution in [-0.4, -0.2) is 35.7 Å². The van der Waals surface area contributed by atoms with Gasteiger partial charge in [0.25, 0.3) is 5.91 Å². The van der Waals surface area contributed by atoms with Crippen LogP contribution < -0.4 is 15.0 Å². The molecule has 1 aliphatic rings. The third-order valence-electron chi connectivity index (χ3n) is 4.51. The van der Waals surface area contributed by atoms with E-state index in [1.54, 1.807) is 30.8 Å². The smallest absolute Gasteiger partial charge is 0.268 e. The van der Waals surface area contributed by atoms with Gasteiger partial charge in [0.2, 0.25) is 5.91 Å². The largest absolute Gasteiger partial charge is 0.479 e. The van der Waals surface area contributed by atoms with Crippen molar-refractivity contribution in [3.8, 4) is 17.0 Å². The Bertz CT molecular complexity index is 1050. The van der Waals surface area contributed by atoms with E-state index in [4.69, 9.17) is 4.74 Å². The molecule has 29 heavy (non-hydrogen) atoms. The zero-order valence-corrected chi connectivity index (χ0v) is 17.5. The molecule has 2 aromatic carbocycles. The molecule has 0 bridgehead atoms. The first kappa shape index (κ1) is 19.5. The van der Waals surface area contributed by atoms with Crippen molar-refractivity contribution in [3.63, 3.8) is 0 Å². The summed E-state index contributed by atoms with van der Waals surface area (Å²) in [5.74, 6) is 0.0473. The molecule has 3 aromatic rings. The van der Waals surface area contributed by atoms with Crippen LogP contribution in [0.4, 0.5) is 10.8 Å². The average Bonchev–Trinajstić information content (AvgIpc) is 3.19. The maximum Gasteiger partial charge on any atom is 0.268 e. The summed E-state index contributed by atoms with van der Waals surface area (Å²) in [6.07, 6.45) is 1.40. The van der Waals surface area contributed by atoms with Crippen molar-refractivity contribution < 1.29 is 14.3 Å². The van der Waals surface area contributed by atoms with E-state index in [-0.39, 0.29) is 18.4 Å². The number of rotatable bonds is 5. The van der Waals surface area contributed by atoms with E-state index in [1.165, 1.54) is 21.1 Å². The van der Waals surface area contributed by atoms with Gasteiger partial charge >= 0.3 is 0 Å². The normalized spacial score (nSPS) is 15.6. The van der Waals surface area contributed by atoms with Crippen LogP contribution in [0, 0.1) is 0 Å². The van der Waals surface area contributed by atoms with Crippen LogP contribution in [0.1, 0.15) is 6.92 Å². The Balaban J connectivity index is 1.46. The summed E-state index contributed by atoms with van der Waals surface area (Å²) in [6.45, 7) is 1.58. The molecule has 1 atom stereocenters. The van der Waals surface area contributed by atoms with Gasteiger partial charge < -0.3 is 10.1 Å². The van der Waals surface area contributed by atoms with Gasteiger partial charge in [-0.25, -0.2) is 4.98 Å². The summed E-state index contributed by atoms with van der Waals surface area (Å²) >= 11 is 3.04. The van der Waals surface area contributed by atoms with Crippen molar-refractivity contribution >= 4 is 45.7 Å². The van der Waals surface area contributed by atoms with E-state index < -0.39 is 6.10 Å². The Morgan fingerprint density at radius 2 is 2.00 bits per heavy atom. The number of carbonyl (C=O) groups excluding carboxylic acids is 2. The van der Waals surface area contributed by atoms with Gasteiger partial charge in [0.05, 0.1) is 11.4 Å². The number of aromatic nitrogens is 1. The Kier molecular flexibility index (Phi) is 5.55. The summed E-state index contributed by atoms with van der Waals surface area (Å²) in [5.41, 5.74) is 2.39. The molecule has 1 N–H and O–H groups in total. The molecule has 2 amide bonds. The van der Waals surface area contributed by atoms with Crippen molar-refractivity contribution in [3.05, 3.63) is 53.9 Å². The van der Waals surface area contributed by atoms with Crippen molar-refractivity contribution in [1.82, 2.24) is 4.98 Å². The fourth-order valence-corrected chi connectivity index (χ4v) is 4.19. The second-order valence-electron chi connectivity index (χ2n) is 6.47. The van der Waals surface area contributed by atoms with Gasteiger partial charge in [-0.15, -0.1) is 23.1 Å². The summed E-state index contributed by atoms with van der Waals surface area (Å²) in [7, 11) is 0. The summed E-state index contributed by atoms with van der Waals surface area (Å²) < 4.78 is 5.61. The van der Waals surface area contributed by atoms with Crippen LogP contribution in [0.5, 0.6) is 5.75 Å². The highest BCUT2D eigenvalue weighted by molar-refractivity contribution is 7.98. The molecule has 0 spiro atoms. The summed E-state index contributed by atoms with van der Waals surface area (Å²) in [6, 6.07) is 15.3. The highest BCUT2D eigenvalue weighted by atomic mass is 32.2. The lowest BCUT2D eigenvalue weighted by atomic mass is 10.2. The van der Waals surface area contributed by atoms with Crippen molar-refractivity contribution in [1.29, 1.82) is 0 Å². The molecule has 0 radical (unpaired) electrons. The van der Waals surface area contributed by atoms with Gasteiger partial charge in [-0.3, -0.25) is 14.5 Å². The number of fused-ring (bicyclic) bond motifs is 1. The number of carbonyl (C=O) groups is 2. The lowest BCUT2D eigenvalue weighted by Crippen LogP contribution is -2.47. The molecule has 6 nitrogen and oxygen atoms in total. The van der Waals surface area contributed by atoms with E-state index in [0.29, 0.717) is 16.6 Å². The molecule has 0 saturated carbocycles. The Hall–Kier alpha value is -2.84. The number of hydrogen-bond acceptors (Lipinski definition) is 6. The van der Waals surface area contributed by atoms with Gasteiger partial charge in [0, 0.05) is 15.8 Å². The number of benzene rings is 2. The fourth-order valence-electron chi connectivity index (χ4n) is 3.05. The first-order chi connectivity index (χ1) is 14.0. The topological polar surface area (TPSA) is 71.5 Å². The lowest BCUT2D eigenvalue weighted by Gasteiger charge is -2.32. The van der Waals surface area contributed by atoms with Crippen LogP contribution in [0.2, 0.25) is 0 Å². The first-order valence-corrected chi connectivity index (χ1v) is 11.1. The van der Waals surface area contributed by atoms with Crippen molar-refractivity contribution in [2.45, 2.75) is 17.9 Å². The number of para-hydroxylation sites is 2. The van der Waals surface area contributed by atoms with Gasteiger partial charge in [-0.2, -0.15) is 0 Å². The van der Waals surface area contributed by atoms with Crippen LogP contribution in [0.25, 0.3) is 11.3 Å². The lowest BCUT2D eigenvalue weighted by molar-refractivity contribution is -0.127. The monoisotopic (exact) mass is 425 g/mol. The van der Waals surface area contributed by atoms with Gasteiger partial charge in [-0.1, -0.05) is 24.3 Å². The third kappa shape index (κ3) is 4.13. The number of thiazole rings is 1. The van der Waals surface area contributed by atoms with Crippen LogP contribution in [0.15, 0.2) is 58.8 Å². The fraction of sp³-hybridized carbons (Fsp3) is 0.190. The highest BCUT2D eigenvalue weighted by Crippen LogP contribution is 2.33. The number of thioether (sulfide) groups is 1. The molecular weight excluding hydrogens is 406 g/mol. The maximum atomic E-state index is 12.6. The second kappa shape index (κ2) is 8.26. The van der Waals surface area contributed by atoms with E-state index in [1.807, 2.05) is 48.0 Å². The first-order valence-electron chi connectivity index (χ1n) is 9.02. The number of hydrogen-bond donors (Lipinski definition) is 1. The van der Waals surface area contributed by atoms with E-state index in [9.17, 15) is 9.59 Å². The van der Waals surface area contributed by atoms with E-state index in [0.717, 1.165) is 11.3 Å². The molecule has 8 heteroatoms. The minimum Gasteiger partial charge on any atom is -0.479 e. The molecule has 0 saturated heterocycles. The summed E-state index contributed by atoms with van der Waals surface area (Å²) in [4.78, 5) is 32.2. The maximum absolute atomic E-state index is 12.6. The minimum atomic E-state index is -0.631. The zero-order valence-electron chi connectivity index (χ0n) is 15.9. The molecule has 1 aliphatic heterocycles. The van der Waals surface area contributed by atoms with Crippen LogP contribution >= 0.6 is 23.1 Å². The minimum absolute atomic E-state index is 0.0963. The van der Waals surface area contributed by atoms with Crippen LogP contribution in [0.3, 0.4) is 0 Å². The number of anilines is 2. The number of ether oxygens (including phenoxy) is 1. The molecule has 0 fully saturated rings. The van der Waals surface area contributed by atoms with Gasteiger partial charge in [-0.05, 0) is 37.4 Å². The number of nitrogens with zero attached hydrogens (tertiary/aromatic N) is 2. The van der Waals surface area contributed by atoms with E-state index in [2.05, 4.69) is 10.3 Å². The number of amides is 2. The average molecular weight is 426 g/mol. The molecule has 4 rings (SSSR count). The summed E-state index contributed by atoms with van der Waals surface area (Å²) in [5, 5.41) is 5.20. The zero-order chi connectivity index (χ0) is 20.4. The van der Waals surface area contributed by atoms with Crippen LogP contribution in [-0.2, 0) is 9.59 Å².